The molecule has 5 nitrogen and oxygen atoms in total. The average molecular weight is 338 g/mol. The zero-order chi connectivity index (χ0) is 18.0. The van der Waals surface area contributed by atoms with Gasteiger partial charge in [-0.05, 0) is 49.2 Å². The van der Waals surface area contributed by atoms with Crippen LogP contribution in [0.1, 0.15) is 31.8 Å². The zero-order valence-corrected chi connectivity index (χ0v) is 14.5. The molecule has 25 heavy (non-hydrogen) atoms. The minimum atomic E-state index is -0.116. The van der Waals surface area contributed by atoms with E-state index in [1.165, 1.54) is 12.1 Å². The molecule has 0 saturated carbocycles. The van der Waals surface area contributed by atoms with Crippen molar-refractivity contribution in [2.75, 3.05) is 26.2 Å². The summed E-state index contributed by atoms with van der Waals surface area (Å²) in [6.07, 6.45) is 0. The fourth-order valence-electron chi connectivity index (χ4n) is 3.09. The monoisotopic (exact) mass is 338 g/mol. The van der Waals surface area contributed by atoms with E-state index >= 15 is 0 Å². The van der Waals surface area contributed by atoms with Gasteiger partial charge in [0.1, 0.15) is 5.75 Å². The molecule has 2 amide bonds. The number of carbonyl (C=O) groups excluding carboxylic acids is 2. The van der Waals surface area contributed by atoms with Gasteiger partial charge in [-0.15, -0.1) is 0 Å². The van der Waals surface area contributed by atoms with E-state index < -0.39 is 0 Å². The van der Waals surface area contributed by atoms with E-state index in [1.54, 1.807) is 21.9 Å². The van der Waals surface area contributed by atoms with Gasteiger partial charge in [0, 0.05) is 37.3 Å². The van der Waals surface area contributed by atoms with Crippen molar-refractivity contribution < 1.29 is 14.7 Å². The summed E-state index contributed by atoms with van der Waals surface area (Å²) in [6, 6.07) is 12.1. The maximum atomic E-state index is 12.8. The first-order chi connectivity index (χ1) is 12.0. The number of benzene rings is 2. The zero-order valence-electron chi connectivity index (χ0n) is 14.5. The first-order valence-corrected chi connectivity index (χ1v) is 8.41. The maximum Gasteiger partial charge on any atom is 0.254 e. The summed E-state index contributed by atoms with van der Waals surface area (Å²) in [4.78, 5) is 28.8. The highest BCUT2D eigenvalue weighted by Crippen LogP contribution is 2.18. The van der Waals surface area contributed by atoms with Gasteiger partial charge in [0.05, 0.1) is 0 Å². The van der Waals surface area contributed by atoms with Gasteiger partial charge >= 0.3 is 0 Å². The molecule has 1 saturated heterocycles. The van der Waals surface area contributed by atoms with E-state index in [0.717, 1.165) is 16.7 Å². The molecule has 0 bridgehead atoms. The molecule has 3 rings (SSSR count). The first kappa shape index (κ1) is 17.0. The van der Waals surface area contributed by atoms with Crippen molar-refractivity contribution in [3.8, 4) is 5.75 Å². The molecule has 0 unspecified atom stereocenters. The molecule has 1 fully saturated rings. The summed E-state index contributed by atoms with van der Waals surface area (Å²) in [5.74, 6) is -0.0185. The molecule has 1 heterocycles. The summed E-state index contributed by atoms with van der Waals surface area (Å²) in [5, 5.41) is 9.53. The number of hydrogen-bond acceptors (Lipinski definition) is 3. The Hall–Kier alpha value is -2.82. The number of amides is 2. The minimum absolute atomic E-state index is 0.0191. The number of piperazine rings is 1. The summed E-state index contributed by atoms with van der Waals surface area (Å²) in [5.41, 5.74) is 3.30. The lowest BCUT2D eigenvalue weighted by Crippen LogP contribution is -2.50. The average Bonchev–Trinajstić information content (AvgIpc) is 2.63. The van der Waals surface area contributed by atoms with Crippen LogP contribution in [0.5, 0.6) is 5.75 Å². The number of phenols is 1. The van der Waals surface area contributed by atoms with E-state index in [-0.39, 0.29) is 17.6 Å². The number of carbonyl (C=O) groups is 2. The number of aromatic hydroxyl groups is 1. The van der Waals surface area contributed by atoms with Gasteiger partial charge in [-0.3, -0.25) is 9.59 Å². The summed E-state index contributed by atoms with van der Waals surface area (Å²) in [6.45, 7) is 5.96. The summed E-state index contributed by atoms with van der Waals surface area (Å²) >= 11 is 0. The van der Waals surface area contributed by atoms with Gasteiger partial charge in [-0.2, -0.15) is 0 Å². The van der Waals surface area contributed by atoms with Crippen molar-refractivity contribution in [3.63, 3.8) is 0 Å². The van der Waals surface area contributed by atoms with Crippen molar-refractivity contribution in [1.82, 2.24) is 9.80 Å². The molecule has 0 radical (unpaired) electrons. The Labute approximate surface area is 147 Å². The fraction of sp³-hybridized carbons (Fsp3) is 0.300. The second-order valence-corrected chi connectivity index (χ2v) is 6.38. The van der Waals surface area contributed by atoms with Crippen molar-refractivity contribution in [1.29, 1.82) is 0 Å². The number of nitrogens with zero attached hydrogens (tertiary/aromatic N) is 2. The normalized spacial score (nSPS) is 14.5. The third kappa shape index (κ3) is 3.50. The molecule has 2 aromatic rings. The number of rotatable bonds is 2. The molecule has 0 atom stereocenters. The van der Waals surface area contributed by atoms with Crippen molar-refractivity contribution >= 4 is 11.8 Å². The quantitative estimate of drug-likeness (QED) is 0.916. The Morgan fingerprint density at radius 3 is 2.12 bits per heavy atom. The SMILES string of the molecule is Cc1cccc(C(=O)N2CCN(C(=O)c3cccc(O)c3)CC2)c1C. The van der Waals surface area contributed by atoms with Crippen molar-refractivity contribution in [2.24, 2.45) is 0 Å². The predicted octanol–water partition coefficient (Wildman–Crippen LogP) is 2.61. The van der Waals surface area contributed by atoms with E-state index in [4.69, 9.17) is 0 Å². The van der Waals surface area contributed by atoms with E-state index in [9.17, 15) is 14.7 Å². The van der Waals surface area contributed by atoms with Gasteiger partial charge in [-0.25, -0.2) is 0 Å². The van der Waals surface area contributed by atoms with Crippen molar-refractivity contribution in [3.05, 3.63) is 64.7 Å². The summed E-state index contributed by atoms with van der Waals surface area (Å²) in [7, 11) is 0. The molecular formula is C20H22N2O3. The van der Waals surface area contributed by atoms with Gasteiger partial charge in [0.25, 0.3) is 11.8 Å². The van der Waals surface area contributed by atoms with Crippen LogP contribution in [0, 0.1) is 13.8 Å². The van der Waals surface area contributed by atoms with Crippen LogP contribution in [0.15, 0.2) is 42.5 Å². The minimum Gasteiger partial charge on any atom is -0.508 e. The molecule has 2 aromatic carbocycles. The lowest BCUT2D eigenvalue weighted by Gasteiger charge is -2.35. The van der Waals surface area contributed by atoms with Crippen LogP contribution in [0.3, 0.4) is 0 Å². The highest BCUT2D eigenvalue weighted by Gasteiger charge is 2.26. The molecule has 0 aliphatic carbocycles. The lowest BCUT2D eigenvalue weighted by atomic mass is 10.0. The van der Waals surface area contributed by atoms with Crippen molar-refractivity contribution in [2.45, 2.75) is 13.8 Å². The van der Waals surface area contributed by atoms with Crippen LogP contribution >= 0.6 is 0 Å². The van der Waals surface area contributed by atoms with Gasteiger partial charge in [0.2, 0.25) is 0 Å². The van der Waals surface area contributed by atoms with Crippen LogP contribution in [0.2, 0.25) is 0 Å². The number of hydrogen-bond donors (Lipinski definition) is 1. The predicted molar refractivity (Wildman–Crippen MR) is 95.8 cm³/mol. The highest BCUT2D eigenvalue weighted by atomic mass is 16.3. The Balaban J connectivity index is 1.66. The second-order valence-electron chi connectivity index (χ2n) is 6.38. The van der Waals surface area contributed by atoms with Crippen LogP contribution in [0.4, 0.5) is 0 Å². The van der Waals surface area contributed by atoms with Crippen LogP contribution in [-0.2, 0) is 0 Å². The third-order valence-corrected chi connectivity index (χ3v) is 4.78. The van der Waals surface area contributed by atoms with Gasteiger partial charge in [-0.1, -0.05) is 18.2 Å². The van der Waals surface area contributed by atoms with E-state index in [0.29, 0.717) is 31.7 Å². The molecule has 0 aromatic heterocycles. The highest BCUT2D eigenvalue weighted by molar-refractivity contribution is 5.97. The molecule has 0 spiro atoms. The van der Waals surface area contributed by atoms with Crippen LogP contribution < -0.4 is 0 Å². The third-order valence-electron chi connectivity index (χ3n) is 4.78. The molecule has 1 N–H and O–H groups in total. The van der Waals surface area contributed by atoms with Crippen LogP contribution in [0.25, 0.3) is 0 Å². The largest absolute Gasteiger partial charge is 0.508 e. The van der Waals surface area contributed by atoms with Gasteiger partial charge in [0.15, 0.2) is 0 Å². The Morgan fingerprint density at radius 1 is 0.880 bits per heavy atom. The van der Waals surface area contributed by atoms with E-state index in [2.05, 4.69) is 0 Å². The first-order valence-electron chi connectivity index (χ1n) is 8.41. The molecule has 1 aliphatic heterocycles. The summed E-state index contributed by atoms with van der Waals surface area (Å²) < 4.78 is 0. The smallest absolute Gasteiger partial charge is 0.254 e. The standard InChI is InChI=1S/C20H22N2O3/c1-14-5-3-8-18(15(14)2)20(25)22-11-9-21(10-12-22)19(24)16-6-4-7-17(23)13-16/h3-8,13,23H,9-12H2,1-2H3. The second kappa shape index (κ2) is 6.97. The van der Waals surface area contributed by atoms with Crippen LogP contribution in [-0.4, -0.2) is 52.9 Å². The topological polar surface area (TPSA) is 60.9 Å². The number of phenolic OH excluding ortho intramolecular Hbond substituents is 1. The molecule has 130 valence electrons. The van der Waals surface area contributed by atoms with E-state index in [1.807, 2.05) is 32.0 Å². The molecule has 5 heteroatoms. The molecular weight excluding hydrogens is 316 g/mol. The van der Waals surface area contributed by atoms with Gasteiger partial charge < -0.3 is 14.9 Å². The maximum absolute atomic E-state index is 12.8. The Kier molecular flexibility index (Phi) is 4.74. The Morgan fingerprint density at radius 2 is 1.48 bits per heavy atom. The lowest BCUT2D eigenvalue weighted by molar-refractivity contribution is 0.0535. The fourth-order valence-corrected chi connectivity index (χ4v) is 3.09. The molecule has 1 aliphatic rings. The number of aryl methyl sites for hydroxylation is 1. The Bertz CT molecular complexity index is 808.